The number of ether oxygens (including phenoxy) is 1. The molecule has 8 atom stereocenters. The summed E-state index contributed by atoms with van der Waals surface area (Å²) in [7, 11) is 0. The number of Topliss-reactive ketones (excluding diaryl/α,β-unsaturated/α-hetero) is 2. The lowest BCUT2D eigenvalue weighted by atomic mass is 9.34. The van der Waals surface area contributed by atoms with E-state index in [-0.39, 0.29) is 76.1 Å². The van der Waals surface area contributed by atoms with Gasteiger partial charge in [-0.1, -0.05) is 53.2 Å². The average Bonchev–Trinajstić information content (AvgIpc) is 2.90. The van der Waals surface area contributed by atoms with E-state index in [0.717, 1.165) is 44.1 Å². The predicted octanol–water partition coefficient (Wildman–Crippen LogP) is 6.48. The van der Waals surface area contributed by atoms with Crippen molar-refractivity contribution < 1.29 is 23.9 Å². The number of rotatable bonds is 4. The van der Waals surface area contributed by atoms with E-state index in [1.54, 1.807) is 6.92 Å². The fraction of sp³-hybridized carbons (Fsp3) is 0.735. The summed E-state index contributed by atoms with van der Waals surface area (Å²) in [6, 6.07) is 0. The zero-order chi connectivity index (χ0) is 30.2. The Balaban J connectivity index is 1.60. The first-order valence-corrected chi connectivity index (χ1v) is 15.5. The maximum atomic E-state index is 14.5. The number of hydrogen-bond acceptors (Lipinski definition) is 5. The van der Waals surface area contributed by atoms with Crippen LogP contribution in [0.1, 0.15) is 93.4 Å². The summed E-state index contributed by atoms with van der Waals surface area (Å²) in [6.45, 7) is 22.7. The first kappa shape index (κ1) is 29.7. The highest BCUT2D eigenvalue weighted by molar-refractivity contribution is 6.01. The molecule has 1 amide bonds. The first-order valence-electron chi connectivity index (χ1n) is 15.5. The van der Waals surface area contributed by atoms with Gasteiger partial charge in [0.25, 0.3) is 0 Å². The molecule has 5 aliphatic rings. The highest BCUT2D eigenvalue weighted by atomic mass is 16.5. The summed E-state index contributed by atoms with van der Waals surface area (Å²) in [6.07, 6.45) is 8.74. The summed E-state index contributed by atoms with van der Waals surface area (Å²) >= 11 is 0. The van der Waals surface area contributed by atoms with Crippen LogP contribution in [-0.4, -0.2) is 36.6 Å². The Labute approximate surface area is 244 Å². The molecule has 0 aromatic rings. The smallest absolute Gasteiger partial charge is 0.407 e. The molecule has 1 N–H and O–H groups in total. The Bertz CT molecular complexity index is 1300. The van der Waals surface area contributed by atoms with Crippen LogP contribution in [0.15, 0.2) is 23.4 Å². The third-order valence-electron chi connectivity index (χ3n) is 12.7. The largest absolute Gasteiger partial charge is 0.450 e. The van der Waals surface area contributed by atoms with Crippen molar-refractivity contribution >= 4 is 23.4 Å². The lowest BCUT2D eigenvalue weighted by Gasteiger charge is -2.68. The summed E-state index contributed by atoms with van der Waals surface area (Å²) in [4.78, 5) is 57.2. The number of alkyl carbamates (subject to hydrolysis) is 1. The molecule has 0 heterocycles. The molecule has 41 heavy (non-hydrogen) atoms. The molecule has 222 valence electrons. The minimum absolute atomic E-state index is 0.00249. The van der Waals surface area contributed by atoms with Crippen molar-refractivity contribution in [2.75, 3.05) is 13.2 Å². The van der Waals surface area contributed by atoms with Crippen LogP contribution in [0.5, 0.6) is 0 Å². The fourth-order valence-corrected chi connectivity index (χ4v) is 10.2. The van der Waals surface area contributed by atoms with Crippen LogP contribution in [0.4, 0.5) is 4.79 Å². The fourth-order valence-electron chi connectivity index (χ4n) is 10.2. The van der Waals surface area contributed by atoms with E-state index in [9.17, 15) is 19.2 Å². The maximum absolute atomic E-state index is 14.5. The molecule has 0 radical (unpaired) electrons. The lowest BCUT2D eigenvalue weighted by molar-refractivity contribution is -0.175. The minimum Gasteiger partial charge on any atom is -0.450 e. The number of carbonyl (C=O) groups is 4. The van der Waals surface area contributed by atoms with Gasteiger partial charge in [0.2, 0.25) is 5.70 Å². The van der Waals surface area contributed by atoms with Gasteiger partial charge in [-0.15, -0.1) is 0 Å². The molecule has 0 unspecified atom stereocenters. The van der Waals surface area contributed by atoms with Crippen molar-refractivity contribution in [2.45, 2.75) is 93.4 Å². The van der Waals surface area contributed by atoms with Crippen LogP contribution < -0.4 is 5.32 Å². The van der Waals surface area contributed by atoms with E-state index in [0.29, 0.717) is 6.42 Å². The summed E-state index contributed by atoms with van der Waals surface area (Å²) in [5.74, 6) is -0.608. The molecule has 7 nitrogen and oxygen atoms in total. The van der Waals surface area contributed by atoms with E-state index in [4.69, 9.17) is 11.3 Å². The van der Waals surface area contributed by atoms with E-state index in [1.165, 1.54) is 0 Å². The Morgan fingerprint density at radius 2 is 1.73 bits per heavy atom. The van der Waals surface area contributed by atoms with Crippen molar-refractivity contribution in [1.29, 1.82) is 0 Å². The second kappa shape index (κ2) is 9.64. The Kier molecular flexibility index (Phi) is 6.99. The summed E-state index contributed by atoms with van der Waals surface area (Å²) < 4.78 is 5.01. The molecule has 7 heteroatoms. The molecule has 0 aromatic heterocycles. The van der Waals surface area contributed by atoms with Crippen molar-refractivity contribution in [1.82, 2.24) is 5.32 Å². The zero-order valence-electron chi connectivity index (χ0n) is 25.8. The van der Waals surface area contributed by atoms with E-state index in [2.05, 4.69) is 44.8 Å². The number of nitrogens with zero attached hydrogens (tertiary/aromatic N) is 1. The Hall–Kier alpha value is -2.75. The summed E-state index contributed by atoms with van der Waals surface area (Å²) in [5.41, 5.74) is -0.594. The van der Waals surface area contributed by atoms with E-state index < -0.39 is 16.9 Å². The number of nitrogens with one attached hydrogen (secondary N) is 1. The number of amides is 1. The molecular weight excluding hydrogens is 516 g/mol. The quantitative estimate of drug-likeness (QED) is 0.396. The van der Waals surface area contributed by atoms with Crippen LogP contribution in [0.2, 0.25) is 0 Å². The third kappa shape index (κ3) is 4.10. The second-order valence-electron chi connectivity index (χ2n) is 15.0. The number of carbonyl (C=O) groups excluding carboxylic acids is 4. The van der Waals surface area contributed by atoms with Gasteiger partial charge in [0.05, 0.1) is 19.7 Å². The van der Waals surface area contributed by atoms with Gasteiger partial charge >= 0.3 is 6.09 Å². The molecule has 0 bridgehead atoms. The molecule has 5 rings (SSSR count). The highest BCUT2D eigenvalue weighted by Gasteiger charge is 2.69. The molecule has 5 aliphatic carbocycles. The number of allylic oxidation sites excluding steroid dienone is 4. The molecule has 0 aliphatic heterocycles. The van der Waals surface area contributed by atoms with Crippen molar-refractivity contribution in [3.8, 4) is 0 Å². The van der Waals surface area contributed by atoms with E-state index in [1.807, 2.05) is 19.1 Å². The Morgan fingerprint density at radius 1 is 1.05 bits per heavy atom. The minimum atomic E-state index is -0.652. The summed E-state index contributed by atoms with van der Waals surface area (Å²) in [5, 5.41) is 2.66. The number of ketones is 3. The van der Waals surface area contributed by atoms with Crippen LogP contribution in [0, 0.1) is 57.3 Å². The second-order valence-corrected chi connectivity index (χ2v) is 15.0. The third-order valence-corrected chi connectivity index (χ3v) is 12.7. The van der Waals surface area contributed by atoms with Gasteiger partial charge in [-0.05, 0) is 86.0 Å². The normalized spacial score (nSPS) is 42.7. The van der Waals surface area contributed by atoms with Gasteiger partial charge in [-0.3, -0.25) is 9.59 Å². The van der Waals surface area contributed by atoms with Crippen LogP contribution in [0.25, 0.3) is 4.85 Å². The molecule has 0 spiro atoms. The van der Waals surface area contributed by atoms with Crippen LogP contribution in [0.3, 0.4) is 0 Å². The zero-order valence-corrected chi connectivity index (χ0v) is 25.8. The molecule has 0 aromatic carbocycles. The molecule has 0 saturated heterocycles. The molecular formula is C34H46N2O5. The van der Waals surface area contributed by atoms with Gasteiger partial charge in [0, 0.05) is 22.7 Å². The average molecular weight is 563 g/mol. The van der Waals surface area contributed by atoms with Crippen molar-refractivity contribution in [3.05, 3.63) is 34.8 Å². The first-order chi connectivity index (χ1) is 19.1. The van der Waals surface area contributed by atoms with Gasteiger partial charge < -0.3 is 14.8 Å². The van der Waals surface area contributed by atoms with Crippen molar-refractivity contribution in [3.63, 3.8) is 0 Å². The lowest BCUT2D eigenvalue weighted by Crippen LogP contribution is -2.65. The van der Waals surface area contributed by atoms with E-state index >= 15 is 0 Å². The van der Waals surface area contributed by atoms with Gasteiger partial charge in [-0.2, -0.15) is 0 Å². The monoisotopic (exact) mass is 562 g/mol. The number of fused-ring (bicyclic) bond motifs is 7. The SMILES string of the molecule is [C-]#[N+]C1=C[C@]2(C)C3=CC(=O)[C@@H]4[C@@H]5CC(C)(C)CC[C@]5(C(=O)CNC(=O)OCC)CC[C@@]4(C)[C@]3(C)CC[C@H]2[C@H](C)C1=O. The maximum Gasteiger partial charge on any atom is 0.407 e. The van der Waals surface area contributed by atoms with Gasteiger partial charge in [-0.25, -0.2) is 9.64 Å². The van der Waals surface area contributed by atoms with Crippen LogP contribution in [-0.2, 0) is 19.1 Å². The van der Waals surface area contributed by atoms with Crippen molar-refractivity contribution in [2.24, 2.45) is 50.7 Å². The van der Waals surface area contributed by atoms with Gasteiger partial charge in [0.1, 0.15) is 0 Å². The predicted molar refractivity (Wildman–Crippen MR) is 155 cm³/mol. The number of hydrogen-bond donors (Lipinski definition) is 1. The topological polar surface area (TPSA) is 93.9 Å². The molecule has 3 fully saturated rings. The molecule has 3 saturated carbocycles. The highest BCUT2D eigenvalue weighted by Crippen LogP contribution is 2.73. The standard InChI is InChI=1S/C34H46N2O5/c1-9-41-29(40)36-19-26(38)34-14-12-30(3,4)17-22(34)27-24(37)16-25-31(5)18-23(35-8)28(39)20(2)21(31)10-11-32(25,6)33(27,7)13-15-34/h16,18,20-22,27H,9-15,17,19H2,1-7H3,(H,36,40)/t20-,21-,22-,27-,31-,32+,33+,34-/m0/s1. The van der Waals surface area contributed by atoms with Crippen LogP contribution >= 0.6 is 0 Å². The van der Waals surface area contributed by atoms with Gasteiger partial charge in [0.15, 0.2) is 17.3 Å². The Morgan fingerprint density at radius 3 is 2.39 bits per heavy atom.